The lowest BCUT2D eigenvalue weighted by molar-refractivity contribution is -0.153. The van der Waals surface area contributed by atoms with Crippen LogP contribution in [0, 0.1) is 12.8 Å². The molecule has 0 spiro atoms. The number of aryl methyl sites for hydroxylation is 1. The maximum Gasteiger partial charge on any atom is 0.310 e. The normalized spacial score (nSPS) is 16.7. The second-order valence-corrected chi connectivity index (χ2v) is 12.0. The fourth-order valence-corrected chi connectivity index (χ4v) is 6.00. The van der Waals surface area contributed by atoms with E-state index < -0.39 is 27.7 Å². The van der Waals surface area contributed by atoms with Gasteiger partial charge in [0, 0.05) is 19.4 Å². The second-order valence-electron chi connectivity index (χ2n) is 10.2. The Kier molecular flexibility index (Phi) is 7.73. The van der Waals surface area contributed by atoms with Crippen LogP contribution in [0.25, 0.3) is 0 Å². The molecule has 36 heavy (non-hydrogen) atoms. The molecule has 1 aliphatic heterocycles. The van der Waals surface area contributed by atoms with E-state index in [1.165, 1.54) is 23.0 Å². The summed E-state index contributed by atoms with van der Waals surface area (Å²) < 4.78 is 47.7. The number of Topliss-reactive ketones (excluding diaryl/α,β-unsaturated/α-hetero) is 1. The lowest BCUT2D eigenvalue weighted by atomic mass is 9.97. The van der Waals surface area contributed by atoms with E-state index in [2.05, 4.69) is 5.10 Å². The average molecular weight is 522 g/mol. The zero-order chi connectivity index (χ0) is 27.0. The Balaban J connectivity index is 2.09. The lowest BCUT2D eigenvalue weighted by Gasteiger charge is -2.38. The van der Waals surface area contributed by atoms with Crippen molar-refractivity contribution in [2.75, 3.05) is 18.0 Å². The predicted octanol–water partition coefficient (Wildman–Crippen LogP) is 3.19. The highest BCUT2D eigenvalue weighted by molar-refractivity contribution is 7.93. The lowest BCUT2D eigenvalue weighted by Crippen LogP contribution is -2.46. The molecule has 0 N–H and O–H groups in total. The van der Waals surface area contributed by atoms with Gasteiger partial charge in [-0.15, -0.1) is 5.10 Å². The molecule has 2 atom stereocenters. The zero-order valence-corrected chi connectivity index (χ0v) is 22.9. The highest BCUT2D eigenvalue weighted by Gasteiger charge is 2.40. The summed E-state index contributed by atoms with van der Waals surface area (Å²) in [4.78, 5) is 24.1. The van der Waals surface area contributed by atoms with Crippen LogP contribution in [0.1, 0.15) is 52.3 Å². The number of anilines is 1. The molecule has 0 fully saturated rings. The molecular formula is C25H35N3O7S. The molecular weight excluding hydrogens is 486 g/mol. The number of hydrogen-bond acceptors (Lipinski definition) is 8. The first-order valence-corrected chi connectivity index (χ1v) is 13.2. The Bertz CT molecular complexity index is 1260. The van der Waals surface area contributed by atoms with Gasteiger partial charge < -0.3 is 19.0 Å². The summed E-state index contributed by atoms with van der Waals surface area (Å²) in [5.74, 6) is -0.332. The number of esters is 1. The van der Waals surface area contributed by atoms with Crippen LogP contribution in [0.4, 0.5) is 5.69 Å². The summed E-state index contributed by atoms with van der Waals surface area (Å²) in [7, 11) is -1.15. The SMILES string of the molecule is COc1nn(C)c(C)c1S(=O)(=O)N1C[C@H]([C@@H](C)CC(C)=O)Oc2ccc(CC(=O)OC(C)(C)C)cc21. The number of fused-ring (bicyclic) bond motifs is 1. The number of aromatic nitrogens is 2. The number of carbonyl (C=O) groups excluding carboxylic acids is 2. The highest BCUT2D eigenvalue weighted by Crippen LogP contribution is 2.41. The minimum atomic E-state index is -4.15. The first-order valence-electron chi connectivity index (χ1n) is 11.7. The van der Waals surface area contributed by atoms with Crippen LogP contribution in [-0.4, -0.2) is 55.3 Å². The summed E-state index contributed by atoms with van der Waals surface area (Å²) in [5, 5.41) is 4.18. The van der Waals surface area contributed by atoms with Gasteiger partial charge in [0.2, 0.25) is 0 Å². The van der Waals surface area contributed by atoms with Crippen LogP contribution in [0.2, 0.25) is 0 Å². The second kappa shape index (κ2) is 10.1. The van der Waals surface area contributed by atoms with Crippen molar-refractivity contribution in [2.24, 2.45) is 13.0 Å². The minimum absolute atomic E-state index is 0.0104. The van der Waals surface area contributed by atoms with E-state index in [9.17, 15) is 18.0 Å². The quantitative estimate of drug-likeness (QED) is 0.486. The third-order valence-corrected chi connectivity index (χ3v) is 7.83. The van der Waals surface area contributed by atoms with Gasteiger partial charge in [0.15, 0.2) is 4.90 Å². The van der Waals surface area contributed by atoms with E-state index in [0.717, 1.165) is 0 Å². The monoisotopic (exact) mass is 521 g/mol. The Hall–Kier alpha value is -3.08. The van der Waals surface area contributed by atoms with E-state index in [1.807, 2.05) is 6.92 Å². The highest BCUT2D eigenvalue weighted by atomic mass is 32.2. The summed E-state index contributed by atoms with van der Waals surface area (Å²) >= 11 is 0. The zero-order valence-electron chi connectivity index (χ0n) is 22.1. The third-order valence-electron chi connectivity index (χ3n) is 5.92. The maximum atomic E-state index is 14.1. The summed E-state index contributed by atoms with van der Waals surface area (Å²) in [6.07, 6.45) is -0.339. The largest absolute Gasteiger partial charge is 0.486 e. The van der Waals surface area contributed by atoms with E-state index in [0.29, 0.717) is 22.7 Å². The Morgan fingerprint density at radius 1 is 1.28 bits per heavy atom. The van der Waals surface area contributed by atoms with Crippen molar-refractivity contribution in [3.63, 3.8) is 0 Å². The smallest absolute Gasteiger partial charge is 0.310 e. The Labute approximate surface area is 212 Å². The molecule has 0 amide bonds. The van der Waals surface area contributed by atoms with Crippen molar-refractivity contribution in [2.45, 2.75) is 71.0 Å². The standard InChI is InChI=1S/C25H35N3O7S/c1-15(11-16(2)29)21-14-28(36(31,32)23-17(3)27(7)26-24(23)33-8)19-12-18(9-10-20(19)34-21)13-22(30)35-25(4,5)6/h9-10,12,15,21H,11,13-14H2,1-8H3/t15-,21+/m0/s1. The molecule has 10 nitrogen and oxygen atoms in total. The minimum Gasteiger partial charge on any atom is -0.486 e. The maximum absolute atomic E-state index is 14.1. The Morgan fingerprint density at radius 3 is 2.53 bits per heavy atom. The van der Waals surface area contributed by atoms with Crippen LogP contribution in [0.15, 0.2) is 23.1 Å². The molecule has 2 heterocycles. The van der Waals surface area contributed by atoms with Gasteiger partial charge in [-0.05, 0) is 52.3 Å². The molecule has 1 aliphatic rings. The van der Waals surface area contributed by atoms with Crippen molar-refractivity contribution in [3.05, 3.63) is 29.5 Å². The topological polar surface area (TPSA) is 117 Å². The number of ketones is 1. The molecule has 0 saturated carbocycles. The van der Waals surface area contributed by atoms with Gasteiger partial charge in [-0.3, -0.25) is 13.8 Å². The van der Waals surface area contributed by atoms with Crippen LogP contribution in [0.5, 0.6) is 11.6 Å². The molecule has 0 aliphatic carbocycles. The molecule has 1 aromatic heterocycles. The van der Waals surface area contributed by atoms with Gasteiger partial charge in [0.05, 0.1) is 31.5 Å². The van der Waals surface area contributed by atoms with Crippen LogP contribution in [0.3, 0.4) is 0 Å². The number of benzene rings is 1. The molecule has 0 saturated heterocycles. The van der Waals surface area contributed by atoms with Gasteiger partial charge in [-0.25, -0.2) is 8.42 Å². The van der Waals surface area contributed by atoms with E-state index in [-0.39, 0.29) is 41.9 Å². The first-order chi connectivity index (χ1) is 16.6. The third kappa shape index (κ3) is 5.83. The molecule has 3 rings (SSSR count). The van der Waals surface area contributed by atoms with Gasteiger partial charge >= 0.3 is 5.97 Å². The number of nitrogens with zero attached hydrogens (tertiary/aromatic N) is 3. The average Bonchev–Trinajstić information content (AvgIpc) is 3.05. The summed E-state index contributed by atoms with van der Waals surface area (Å²) in [6, 6.07) is 4.99. The van der Waals surface area contributed by atoms with Gasteiger partial charge in [-0.1, -0.05) is 13.0 Å². The molecule has 11 heteroatoms. The molecule has 2 aromatic rings. The van der Waals surface area contributed by atoms with Crippen LogP contribution in [-0.2, 0) is 37.8 Å². The number of ether oxygens (including phenoxy) is 3. The fraction of sp³-hybridized carbons (Fsp3) is 0.560. The van der Waals surface area contributed by atoms with Gasteiger partial charge in [-0.2, -0.15) is 0 Å². The van der Waals surface area contributed by atoms with Crippen molar-refractivity contribution in [1.29, 1.82) is 0 Å². The molecule has 0 unspecified atom stereocenters. The van der Waals surface area contributed by atoms with Crippen molar-refractivity contribution in [3.8, 4) is 11.6 Å². The van der Waals surface area contributed by atoms with Crippen molar-refractivity contribution < 1.29 is 32.2 Å². The number of rotatable bonds is 8. The Morgan fingerprint density at radius 2 is 1.94 bits per heavy atom. The van der Waals surface area contributed by atoms with E-state index in [1.54, 1.807) is 52.9 Å². The van der Waals surface area contributed by atoms with Crippen molar-refractivity contribution >= 4 is 27.5 Å². The van der Waals surface area contributed by atoms with Gasteiger partial charge in [0.1, 0.15) is 23.2 Å². The van der Waals surface area contributed by atoms with Crippen molar-refractivity contribution in [1.82, 2.24) is 9.78 Å². The summed E-state index contributed by atoms with van der Waals surface area (Å²) in [5.41, 5.74) is 0.654. The number of methoxy groups -OCH3 is 1. The molecule has 0 bridgehead atoms. The molecule has 1 aromatic carbocycles. The summed E-state index contributed by atoms with van der Waals surface area (Å²) in [6.45, 7) is 10.3. The molecule has 198 valence electrons. The first kappa shape index (κ1) is 27.5. The molecule has 0 radical (unpaired) electrons. The van der Waals surface area contributed by atoms with Crippen LogP contribution >= 0.6 is 0 Å². The van der Waals surface area contributed by atoms with E-state index >= 15 is 0 Å². The van der Waals surface area contributed by atoms with Gasteiger partial charge in [0.25, 0.3) is 15.9 Å². The predicted molar refractivity (Wildman–Crippen MR) is 134 cm³/mol. The van der Waals surface area contributed by atoms with E-state index in [4.69, 9.17) is 14.2 Å². The number of carbonyl (C=O) groups is 2. The number of sulfonamides is 1. The fourth-order valence-electron chi connectivity index (χ4n) is 4.18. The number of hydrogen-bond donors (Lipinski definition) is 0. The van der Waals surface area contributed by atoms with Crippen LogP contribution < -0.4 is 13.8 Å².